The van der Waals surface area contributed by atoms with Crippen molar-refractivity contribution in [2.45, 2.75) is 31.2 Å². The van der Waals surface area contributed by atoms with E-state index in [1.807, 2.05) is 45.0 Å². The van der Waals surface area contributed by atoms with E-state index >= 15 is 0 Å². The van der Waals surface area contributed by atoms with Crippen LogP contribution in [0.3, 0.4) is 0 Å². The number of diazo groups is 1. The summed E-state index contributed by atoms with van der Waals surface area (Å²) in [6, 6.07) is 9.76. The van der Waals surface area contributed by atoms with Crippen LogP contribution in [-0.2, 0) is 10.1 Å². The lowest BCUT2D eigenvalue weighted by Crippen LogP contribution is -2.21. The molecule has 0 fully saturated rings. The predicted octanol–water partition coefficient (Wildman–Crippen LogP) is 5.28. The van der Waals surface area contributed by atoms with Gasteiger partial charge in [-0.25, -0.2) is 8.42 Å². The molecule has 0 saturated carbocycles. The Bertz CT molecular complexity index is 1020. The molecule has 0 aliphatic rings. The number of aryl methyl sites for hydroxylation is 1. The summed E-state index contributed by atoms with van der Waals surface area (Å²) >= 11 is 4.59. The topological polar surface area (TPSA) is 104 Å². The summed E-state index contributed by atoms with van der Waals surface area (Å²) in [5.41, 5.74) is -2.35. The summed E-state index contributed by atoms with van der Waals surface area (Å²) in [7, 11) is -6.09. The number of rotatable bonds is 5. The highest BCUT2D eigenvalue weighted by atomic mass is 32.2. The number of ether oxygens (including phenoxy) is 2. The van der Waals surface area contributed by atoms with Crippen molar-refractivity contribution in [1.82, 2.24) is 0 Å². The molecule has 0 aliphatic carbocycles. The Hall–Kier alpha value is -2.49. The second-order valence-corrected chi connectivity index (χ2v) is 7.50. The van der Waals surface area contributed by atoms with Crippen molar-refractivity contribution < 1.29 is 35.6 Å². The van der Waals surface area contributed by atoms with Gasteiger partial charge in [0.05, 0.1) is 24.2 Å². The fraction of sp³-hybridized carbons (Fsp3) is 0.333. The Kier molecular flexibility index (Phi) is 8.95. The van der Waals surface area contributed by atoms with Crippen LogP contribution in [-0.4, -0.2) is 31.7 Å². The molecule has 7 nitrogen and oxygen atoms in total. The average Bonchev–Trinajstić information content (AvgIpc) is 2.64. The summed E-state index contributed by atoms with van der Waals surface area (Å²) in [6.07, 6.45) is 0. The van der Waals surface area contributed by atoms with Gasteiger partial charge in [0.1, 0.15) is 5.75 Å². The molecule has 0 radical (unpaired) electrons. The predicted molar refractivity (Wildman–Crippen MR) is 107 cm³/mol. The van der Waals surface area contributed by atoms with Crippen LogP contribution >= 0.6 is 12.6 Å². The normalized spacial score (nSPS) is 11.2. The summed E-state index contributed by atoms with van der Waals surface area (Å²) in [4.78, 5) is 3.89. The lowest BCUT2D eigenvalue weighted by atomic mass is 10.0. The number of nitrogens with zero attached hydrogens (tertiary/aromatic N) is 2. The second kappa shape index (κ2) is 10.5. The van der Waals surface area contributed by atoms with Gasteiger partial charge in [-0.3, -0.25) is 0 Å². The van der Waals surface area contributed by atoms with E-state index in [0.29, 0.717) is 35.3 Å². The molecule has 0 aromatic heterocycles. The molecule has 0 spiro atoms. The van der Waals surface area contributed by atoms with Gasteiger partial charge in [-0.15, -0.1) is 12.6 Å². The fourth-order valence-electron chi connectivity index (χ4n) is 2.24. The molecule has 0 N–H and O–H groups in total. The van der Waals surface area contributed by atoms with Crippen LogP contribution in [0, 0.1) is 12.3 Å². The maximum atomic E-state index is 10.7. The summed E-state index contributed by atoms with van der Waals surface area (Å²) < 4.78 is 70.2. The lowest BCUT2D eigenvalue weighted by Gasteiger charge is -2.14. The third-order valence-electron chi connectivity index (χ3n) is 3.52. The van der Waals surface area contributed by atoms with Gasteiger partial charge in [0.25, 0.3) is 0 Å². The minimum Gasteiger partial charge on any atom is -0.741 e. The van der Waals surface area contributed by atoms with Crippen molar-refractivity contribution in [2.75, 3.05) is 13.2 Å². The number of thiol groups is 1. The van der Waals surface area contributed by atoms with E-state index in [1.165, 1.54) is 5.56 Å². The van der Waals surface area contributed by atoms with Gasteiger partial charge in [0.2, 0.25) is 11.1 Å². The molecule has 0 saturated heterocycles. The van der Waals surface area contributed by atoms with E-state index in [0.717, 1.165) is 11.1 Å². The maximum absolute atomic E-state index is 10.7. The number of halogens is 3. The van der Waals surface area contributed by atoms with Crippen molar-refractivity contribution in [3.05, 3.63) is 40.9 Å². The van der Waals surface area contributed by atoms with Crippen LogP contribution in [0.15, 0.2) is 35.2 Å². The van der Waals surface area contributed by atoms with E-state index in [4.69, 9.17) is 22.4 Å². The molecule has 2 aromatic rings. The minimum atomic E-state index is -6.09. The quantitative estimate of drug-likeness (QED) is 0.279. The molecular weight excluding hydrogens is 445 g/mol. The molecule has 0 atom stereocenters. The van der Waals surface area contributed by atoms with Crippen molar-refractivity contribution in [2.24, 2.45) is 0 Å². The largest absolute Gasteiger partial charge is 0.741 e. The first kappa shape index (κ1) is 25.5. The molecule has 2 aromatic carbocycles. The molecule has 12 heteroatoms. The van der Waals surface area contributed by atoms with Crippen LogP contribution in [0.25, 0.3) is 16.1 Å². The van der Waals surface area contributed by atoms with Crippen LogP contribution in [0.5, 0.6) is 11.5 Å². The monoisotopic (exact) mass is 464 g/mol. The third-order valence-corrected chi connectivity index (χ3v) is 4.51. The van der Waals surface area contributed by atoms with E-state index in [-0.39, 0.29) is 0 Å². The molecule has 30 heavy (non-hydrogen) atoms. The lowest BCUT2D eigenvalue weighted by molar-refractivity contribution is -0.0517. The van der Waals surface area contributed by atoms with Gasteiger partial charge < -0.3 is 14.0 Å². The molecule has 0 bridgehead atoms. The van der Waals surface area contributed by atoms with Crippen molar-refractivity contribution in [3.63, 3.8) is 0 Å². The van der Waals surface area contributed by atoms with Crippen LogP contribution in [0.1, 0.15) is 19.4 Å². The Balaban J connectivity index is 0.000000479. The highest BCUT2D eigenvalue weighted by molar-refractivity contribution is 7.86. The number of alkyl halides is 3. The molecule has 2 rings (SSSR count). The van der Waals surface area contributed by atoms with Gasteiger partial charge in [0, 0.05) is 5.56 Å². The average molecular weight is 464 g/mol. The number of benzene rings is 2. The zero-order valence-electron chi connectivity index (χ0n) is 16.2. The van der Waals surface area contributed by atoms with E-state index in [1.54, 1.807) is 6.07 Å². The highest BCUT2D eigenvalue weighted by Gasteiger charge is 2.36. The number of hydrogen-bond donors (Lipinski definition) is 1. The van der Waals surface area contributed by atoms with Gasteiger partial charge in [-0.1, -0.05) is 29.8 Å². The summed E-state index contributed by atoms with van der Waals surface area (Å²) in [6.45, 7) is 6.77. The van der Waals surface area contributed by atoms with Gasteiger partial charge in [-0.2, -0.15) is 13.2 Å². The molecule has 0 aliphatic heterocycles. The van der Waals surface area contributed by atoms with Gasteiger partial charge in [0.15, 0.2) is 15.1 Å². The Morgan fingerprint density at radius 2 is 1.63 bits per heavy atom. The van der Waals surface area contributed by atoms with Crippen LogP contribution < -0.4 is 9.47 Å². The van der Waals surface area contributed by atoms with Crippen molar-refractivity contribution in [1.29, 1.82) is 5.39 Å². The molecule has 0 heterocycles. The Morgan fingerprint density at radius 1 is 1.13 bits per heavy atom. The summed E-state index contributed by atoms with van der Waals surface area (Å²) in [5.74, 6) is 1.07. The third kappa shape index (κ3) is 6.51. The highest BCUT2D eigenvalue weighted by Crippen LogP contribution is 2.47. The van der Waals surface area contributed by atoms with Gasteiger partial charge >= 0.3 is 11.2 Å². The zero-order valence-corrected chi connectivity index (χ0v) is 17.9. The smallest absolute Gasteiger partial charge is 0.485 e. The molecule has 164 valence electrons. The van der Waals surface area contributed by atoms with E-state index in [2.05, 4.69) is 17.6 Å². The first-order valence-electron chi connectivity index (χ1n) is 8.47. The van der Waals surface area contributed by atoms with Crippen molar-refractivity contribution in [3.8, 4) is 22.6 Å². The SMILES string of the molecule is CCOc1cc([N+]#N)c(OCC)c(S)c1-c1ccc(C)cc1.O=S(=O)([O-])C(F)(F)F. The fourth-order valence-corrected chi connectivity index (χ4v) is 2.66. The molecule has 0 amide bonds. The number of hydrogen-bond acceptors (Lipinski definition) is 7. The molecule has 0 unspecified atom stereocenters. The first-order chi connectivity index (χ1) is 13.9. The summed E-state index contributed by atoms with van der Waals surface area (Å²) in [5, 5.41) is 9.22. The second-order valence-electron chi connectivity index (χ2n) is 5.68. The van der Waals surface area contributed by atoms with Crippen LogP contribution in [0.2, 0.25) is 0 Å². The standard InChI is InChI=1S/C17H18N2O2S.CHF3O3S/c1-4-20-14-10-13(19-18)16(21-5-2)17(22)15(14)12-8-6-11(3)7-9-12;2-1(3,4)8(5,6)7/h6-10H,4-5H2,1-3H3;(H,5,6,7). The van der Waals surface area contributed by atoms with Gasteiger partial charge in [-0.05, 0) is 26.3 Å². The Morgan fingerprint density at radius 3 is 2.03 bits per heavy atom. The van der Waals surface area contributed by atoms with Crippen molar-refractivity contribution >= 4 is 28.4 Å². The first-order valence-corrected chi connectivity index (χ1v) is 10.3. The minimum absolute atomic E-state index is 0.311. The van der Waals surface area contributed by atoms with E-state index < -0.39 is 15.6 Å². The van der Waals surface area contributed by atoms with Crippen LogP contribution in [0.4, 0.5) is 18.9 Å². The molecular formula is C18H19F3N2O5S2. The maximum Gasteiger partial charge on any atom is 0.485 e. The Labute approximate surface area is 177 Å². The van der Waals surface area contributed by atoms with E-state index in [9.17, 15) is 18.6 Å². The zero-order chi connectivity index (χ0) is 23.1.